The molecular formula is C32H44N5O7+. The van der Waals surface area contributed by atoms with Crippen LogP contribution in [0.1, 0.15) is 44.1 Å². The van der Waals surface area contributed by atoms with Crippen LogP contribution in [0.25, 0.3) is 0 Å². The molecule has 2 aromatic rings. The van der Waals surface area contributed by atoms with E-state index in [4.69, 9.17) is 14.2 Å². The average Bonchev–Trinajstić information content (AvgIpc) is 3.62. The zero-order valence-electron chi connectivity index (χ0n) is 26.1. The van der Waals surface area contributed by atoms with E-state index in [-0.39, 0.29) is 25.3 Å². The number of carboxylic acids is 1. The first kappa shape index (κ1) is 31.4. The van der Waals surface area contributed by atoms with Gasteiger partial charge in [-0.25, -0.2) is 9.36 Å². The van der Waals surface area contributed by atoms with Gasteiger partial charge < -0.3 is 34.0 Å². The van der Waals surface area contributed by atoms with E-state index in [9.17, 15) is 19.5 Å². The molecule has 238 valence electrons. The Morgan fingerprint density at radius 2 is 2.05 bits per heavy atom. The number of benzene rings is 1. The summed E-state index contributed by atoms with van der Waals surface area (Å²) in [7, 11) is 5.25. The molecule has 0 unspecified atom stereocenters. The van der Waals surface area contributed by atoms with Gasteiger partial charge in [0.25, 0.3) is 0 Å². The second kappa shape index (κ2) is 13.7. The Labute approximate surface area is 258 Å². The molecule has 1 N–H and O–H groups in total. The number of pyridine rings is 1. The van der Waals surface area contributed by atoms with Crippen molar-refractivity contribution in [3.05, 3.63) is 42.2 Å². The van der Waals surface area contributed by atoms with Crippen LogP contribution in [0.15, 0.2) is 36.7 Å². The number of urea groups is 1. The van der Waals surface area contributed by atoms with Crippen LogP contribution in [0.5, 0.6) is 17.2 Å². The molecule has 0 radical (unpaired) electrons. The van der Waals surface area contributed by atoms with Crippen molar-refractivity contribution in [1.29, 1.82) is 0 Å². The van der Waals surface area contributed by atoms with Crippen LogP contribution >= 0.6 is 0 Å². The van der Waals surface area contributed by atoms with E-state index in [1.165, 1.54) is 0 Å². The van der Waals surface area contributed by atoms with Gasteiger partial charge in [0.15, 0.2) is 23.9 Å². The van der Waals surface area contributed by atoms with E-state index >= 15 is 0 Å². The SMILES string of the molecule is CCCCN(C(=O)CN1C[C@H](c2cc(OC)c3c(c2)OCO3)[C@@H](C(=O)O)[C@@H]1CCN1CCCN(C)C1=O)c1ccc[n+](C)c1. The van der Waals surface area contributed by atoms with Gasteiger partial charge in [0.1, 0.15) is 12.7 Å². The molecule has 2 saturated heterocycles. The molecule has 1 aromatic heterocycles. The van der Waals surface area contributed by atoms with Gasteiger partial charge in [0.05, 0.1) is 19.6 Å². The third-order valence-electron chi connectivity index (χ3n) is 8.97. The molecular weight excluding hydrogens is 566 g/mol. The highest BCUT2D eigenvalue weighted by molar-refractivity contribution is 5.94. The van der Waals surface area contributed by atoms with E-state index in [0.717, 1.165) is 30.5 Å². The first-order valence-electron chi connectivity index (χ1n) is 15.4. The molecule has 12 heteroatoms. The zero-order valence-corrected chi connectivity index (χ0v) is 26.1. The number of rotatable bonds is 12. The van der Waals surface area contributed by atoms with Gasteiger partial charge in [0, 0.05) is 57.8 Å². The highest BCUT2D eigenvalue weighted by Gasteiger charge is 2.48. The molecule has 3 atom stereocenters. The Balaban J connectivity index is 1.46. The zero-order chi connectivity index (χ0) is 31.4. The molecule has 3 aliphatic rings. The summed E-state index contributed by atoms with van der Waals surface area (Å²) in [6.45, 7) is 4.88. The van der Waals surface area contributed by atoms with Crippen LogP contribution in [0.4, 0.5) is 10.5 Å². The summed E-state index contributed by atoms with van der Waals surface area (Å²) < 4.78 is 18.7. The van der Waals surface area contributed by atoms with Crippen molar-refractivity contribution in [2.45, 2.75) is 44.6 Å². The van der Waals surface area contributed by atoms with Crippen LogP contribution in [-0.2, 0) is 16.6 Å². The summed E-state index contributed by atoms with van der Waals surface area (Å²) in [4.78, 5) is 47.2. The Morgan fingerprint density at radius 3 is 2.77 bits per heavy atom. The van der Waals surface area contributed by atoms with Gasteiger partial charge in [-0.3, -0.25) is 14.5 Å². The minimum absolute atomic E-state index is 0.0523. The van der Waals surface area contributed by atoms with Crippen LogP contribution in [0.2, 0.25) is 0 Å². The highest BCUT2D eigenvalue weighted by atomic mass is 16.7. The average molecular weight is 611 g/mol. The number of aromatic nitrogens is 1. The number of carboxylic acid groups (broad SMARTS) is 1. The van der Waals surface area contributed by atoms with Crippen molar-refractivity contribution < 1.29 is 38.3 Å². The van der Waals surface area contributed by atoms with Gasteiger partial charge in [0.2, 0.25) is 18.4 Å². The fourth-order valence-corrected chi connectivity index (χ4v) is 6.69. The number of nitrogens with zero attached hydrogens (tertiary/aromatic N) is 5. The summed E-state index contributed by atoms with van der Waals surface area (Å²) in [5.74, 6) is -0.784. The molecule has 0 bridgehead atoms. The van der Waals surface area contributed by atoms with E-state index in [0.29, 0.717) is 56.4 Å². The predicted molar refractivity (Wildman–Crippen MR) is 162 cm³/mol. The molecule has 0 spiro atoms. The van der Waals surface area contributed by atoms with Crippen LogP contribution < -0.4 is 23.7 Å². The second-order valence-corrected chi connectivity index (χ2v) is 11.9. The molecule has 1 aromatic carbocycles. The fraction of sp³-hybridized carbons (Fsp3) is 0.562. The minimum atomic E-state index is -0.938. The number of carbonyl (C=O) groups excluding carboxylic acids is 2. The number of carbonyl (C=O) groups is 3. The Bertz CT molecular complexity index is 1370. The number of methoxy groups -OCH3 is 1. The first-order chi connectivity index (χ1) is 21.2. The molecule has 44 heavy (non-hydrogen) atoms. The van der Waals surface area contributed by atoms with Crippen molar-refractivity contribution in [1.82, 2.24) is 14.7 Å². The quantitative estimate of drug-likeness (QED) is 0.365. The van der Waals surface area contributed by atoms with E-state index in [1.54, 1.807) is 28.9 Å². The van der Waals surface area contributed by atoms with Crippen LogP contribution in [0.3, 0.4) is 0 Å². The van der Waals surface area contributed by atoms with E-state index < -0.39 is 23.8 Å². The molecule has 2 fully saturated rings. The maximum atomic E-state index is 14.0. The smallest absolute Gasteiger partial charge is 0.319 e. The summed E-state index contributed by atoms with van der Waals surface area (Å²) in [6.07, 6.45) is 6.91. The van der Waals surface area contributed by atoms with Gasteiger partial charge >= 0.3 is 12.0 Å². The summed E-state index contributed by atoms with van der Waals surface area (Å²) in [5.41, 5.74) is 1.56. The van der Waals surface area contributed by atoms with Crippen LogP contribution in [-0.4, -0.2) is 104 Å². The lowest BCUT2D eigenvalue weighted by atomic mass is 9.84. The lowest BCUT2D eigenvalue weighted by Crippen LogP contribution is -2.50. The third kappa shape index (κ3) is 6.54. The van der Waals surface area contributed by atoms with Gasteiger partial charge in [-0.15, -0.1) is 0 Å². The number of hydrogen-bond donors (Lipinski definition) is 1. The topological polar surface area (TPSA) is 116 Å². The van der Waals surface area contributed by atoms with E-state index in [2.05, 4.69) is 6.92 Å². The number of unbranched alkanes of at least 4 members (excludes halogenated alkanes) is 1. The Kier molecular flexibility index (Phi) is 9.77. The maximum absolute atomic E-state index is 14.0. The first-order valence-corrected chi connectivity index (χ1v) is 15.4. The van der Waals surface area contributed by atoms with Crippen molar-refractivity contribution in [3.63, 3.8) is 0 Å². The Morgan fingerprint density at radius 1 is 1.23 bits per heavy atom. The normalized spacial score (nSPS) is 21.5. The summed E-state index contributed by atoms with van der Waals surface area (Å²) in [5, 5.41) is 10.7. The van der Waals surface area contributed by atoms with E-state index in [1.807, 2.05) is 53.2 Å². The van der Waals surface area contributed by atoms with Crippen molar-refractivity contribution in [2.24, 2.45) is 13.0 Å². The van der Waals surface area contributed by atoms with Crippen molar-refractivity contribution >= 4 is 23.6 Å². The van der Waals surface area contributed by atoms with Crippen LogP contribution in [0, 0.1) is 5.92 Å². The largest absolute Gasteiger partial charge is 0.493 e. The number of aryl methyl sites for hydroxylation is 1. The molecule has 5 rings (SSSR count). The summed E-state index contributed by atoms with van der Waals surface area (Å²) >= 11 is 0. The molecule has 3 amide bonds. The standard InChI is InChI=1S/C32H43N5O7/c1-5-6-14-37(23-9-7-11-33(2)18-23)28(38)20-36-19-24(22-16-26(42-4)30-27(17-22)43-21-44-30)29(31(39)40)25(36)10-15-35-13-8-12-34(3)32(35)41/h7,9,11,16-18,24-25,29H,5-6,8,10,12-15,19-21H2,1-4H3/p+1/t24-,25+,29-/m1/s1. The molecule has 4 heterocycles. The molecule has 12 nitrogen and oxygen atoms in total. The minimum Gasteiger partial charge on any atom is -0.493 e. The fourth-order valence-electron chi connectivity index (χ4n) is 6.69. The Hall–Kier alpha value is -4.06. The predicted octanol–water partition coefficient (Wildman–Crippen LogP) is 2.70. The number of ether oxygens (including phenoxy) is 3. The maximum Gasteiger partial charge on any atom is 0.319 e. The molecule has 0 saturated carbocycles. The number of fused-ring (bicyclic) bond motifs is 1. The number of anilines is 1. The molecule has 0 aliphatic carbocycles. The number of likely N-dealkylation sites (tertiary alicyclic amines) is 1. The lowest BCUT2D eigenvalue weighted by molar-refractivity contribution is -0.670. The number of amides is 3. The second-order valence-electron chi connectivity index (χ2n) is 11.9. The third-order valence-corrected chi connectivity index (χ3v) is 8.97. The van der Waals surface area contributed by atoms with Crippen molar-refractivity contribution in [2.75, 3.05) is 65.1 Å². The number of aliphatic carboxylic acids is 1. The number of hydrogen-bond acceptors (Lipinski definition) is 7. The molecule has 3 aliphatic heterocycles. The highest BCUT2D eigenvalue weighted by Crippen LogP contribution is 2.47. The monoisotopic (exact) mass is 610 g/mol. The lowest BCUT2D eigenvalue weighted by Gasteiger charge is -2.35. The van der Waals surface area contributed by atoms with Gasteiger partial charge in [-0.1, -0.05) is 13.3 Å². The van der Waals surface area contributed by atoms with Crippen molar-refractivity contribution in [3.8, 4) is 17.2 Å². The summed E-state index contributed by atoms with van der Waals surface area (Å²) in [6, 6.07) is 6.96. The van der Waals surface area contributed by atoms with Gasteiger partial charge in [-0.2, -0.15) is 0 Å². The van der Waals surface area contributed by atoms with Gasteiger partial charge in [-0.05, 0) is 43.0 Å².